The van der Waals surface area contributed by atoms with Crippen LogP contribution in [0.5, 0.6) is 0 Å². The van der Waals surface area contributed by atoms with Crippen LogP contribution in [0.1, 0.15) is 35.8 Å². The van der Waals surface area contributed by atoms with Gasteiger partial charge in [-0.25, -0.2) is 0 Å². The lowest BCUT2D eigenvalue weighted by Gasteiger charge is -2.18. The van der Waals surface area contributed by atoms with Crippen molar-refractivity contribution in [3.8, 4) is 0 Å². The maximum atomic E-state index is 12.6. The molecule has 1 atom stereocenters. The van der Waals surface area contributed by atoms with Gasteiger partial charge >= 0.3 is 0 Å². The number of carbonyl (C=O) groups excluding carboxylic acids is 2. The van der Waals surface area contributed by atoms with E-state index in [9.17, 15) is 9.59 Å². The molecule has 6 heteroatoms. The predicted molar refractivity (Wildman–Crippen MR) is 109 cm³/mol. The number of nitrogens with one attached hydrogen (secondary N) is 2. The fourth-order valence-electron chi connectivity index (χ4n) is 2.76. The van der Waals surface area contributed by atoms with E-state index in [0.29, 0.717) is 28.5 Å². The molecule has 3 rings (SSSR count). The van der Waals surface area contributed by atoms with Crippen LogP contribution in [0, 0.1) is 0 Å². The molecule has 1 heterocycles. The molecule has 1 aliphatic rings. The summed E-state index contributed by atoms with van der Waals surface area (Å²) < 4.78 is 5.43. The molecule has 0 bridgehead atoms. The number of rotatable bonds is 5. The van der Waals surface area contributed by atoms with Gasteiger partial charge in [0, 0.05) is 17.0 Å². The SMILES string of the molecule is CC1=C(C(=O)Nc2cccc(C(=O)N[C@H](C)c3ccccc3)c2)SCCO1. The molecule has 2 aromatic carbocycles. The summed E-state index contributed by atoms with van der Waals surface area (Å²) in [7, 11) is 0. The molecular formula is C21H22N2O3S. The van der Waals surface area contributed by atoms with Crippen molar-refractivity contribution < 1.29 is 14.3 Å². The number of hydrogen-bond donors (Lipinski definition) is 2. The fraction of sp³-hybridized carbons (Fsp3) is 0.238. The first-order chi connectivity index (χ1) is 13.0. The van der Waals surface area contributed by atoms with Crippen molar-refractivity contribution in [2.24, 2.45) is 0 Å². The zero-order valence-corrected chi connectivity index (χ0v) is 16.1. The quantitative estimate of drug-likeness (QED) is 0.817. The number of carbonyl (C=O) groups is 2. The minimum absolute atomic E-state index is 0.111. The Hall–Kier alpha value is -2.73. The lowest BCUT2D eigenvalue weighted by molar-refractivity contribution is -0.112. The first-order valence-electron chi connectivity index (χ1n) is 8.78. The van der Waals surface area contributed by atoms with E-state index in [0.717, 1.165) is 11.3 Å². The van der Waals surface area contributed by atoms with E-state index in [4.69, 9.17) is 4.74 Å². The normalized spacial score (nSPS) is 14.9. The number of hydrogen-bond acceptors (Lipinski definition) is 4. The maximum Gasteiger partial charge on any atom is 0.265 e. The Morgan fingerprint density at radius 1 is 1.07 bits per heavy atom. The molecule has 0 fully saturated rings. The second-order valence-electron chi connectivity index (χ2n) is 6.22. The minimum atomic E-state index is -0.215. The molecule has 2 aromatic rings. The molecule has 0 saturated carbocycles. The van der Waals surface area contributed by atoms with Gasteiger partial charge in [0.05, 0.1) is 12.6 Å². The van der Waals surface area contributed by atoms with Crippen LogP contribution in [-0.4, -0.2) is 24.2 Å². The van der Waals surface area contributed by atoms with Crippen LogP contribution < -0.4 is 10.6 Å². The van der Waals surface area contributed by atoms with Crippen LogP contribution in [0.2, 0.25) is 0 Å². The first-order valence-corrected chi connectivity index (χ1v) is 9.77. The van der Waals surface area contributed by atoms with Gasteiger partial charge in [-0.3, -0.25) is 9.59 Å². The molecule has 0 aromatic heterocycles. The van der Waals surface area contributed by atoms with Gasteiger partial charge in [0.1, 0.15) is 10.7 Å². The molecule has 2 amide bonds. The zero-order chi connectivity index (χ0) is 19.2. The Bertz CT molecular complexity index is 865. The molecule has 140 valence electrons. The van der Waals surface area contributed by atoms with Crippen LogP contribution in [0.25, 0.3) is 0 Å². The van der Waals surface area contributed by atoms with Gasteiger partial charge in [-0.05, 0) is 37.6 Å². The Labute approximate surface area is 163 Å². The van der Waals surface area contributed by atoms with E-state index < -0.39 is 0 Å². The number of benzene rings is 2. The lowest BCUT2D eigenvalue weighted by Crippen LogP contribution is -2.26. The standard InChI is InChI=1S/C21H22N2O3S/c1-14(16-7-4-3-5-8-16)22-20(24)17-9-6-10-18(13-17)23-21(25)19-15(2)26-11-12-27-19/h3-10,13-14H,11-12H2,1-2H3,(H,22,24)(H,23,25)/t14-/m1/s1. The summed E-state index contributed by atoms with van der Waals surface area (Å²) in [5, 5.41) is 5.82. The molecule has 27 heavy (non-hydrogen) atoms. The van der Waals surface area contributed by atoms with E-state index in [-0.39, 0.29) is 17.9 Å². The van der Waals surface area contributed by atoms with E-state index in [1.165, 1.54) is 11.8 Å². The van der Waals surface area contributed by atoms with Crippen LogP contribution in [0.15, 0.2) is 65.3 Å². The van der Waals surface area contributed by atoms with E-state index >= 15 is 0 Å². The summed E-state index contributed by atoms with van der Waals surface area (Å²) >= 11 is 1.48. The smallest absolute Gasteiger partial charge is 0.265 e. The predicted octanol–water partition coefficient (Wildman–Crippen LogP) is 4.11. The van der Waals surface area contributed by atoms with E-state index in [1.54, 1.807) is 31.2 Å². The van der Waals surface area contributed by atoms with E-state index in [2.05, 4.69) is 10.6 Å². The topological polar surface area (TPSA) is 67.4 Å². The van der Waals surface area contributed by atoms with Crippen molar-refractivity contribution in [1.29, 1.82) is 0 Å². The highest BCUT2D eigenvalue weighted by Gasteiger charge is 2.19. The van der Waals surface area contributed by atoms with Crippen LogP contribution in [0.4, 0.5) is 5.69 Å². The highest BCUT2D eigenvalue weighted by atomic mass is 32.2. The second-order valence-corrected chi connectivity index (χ2v) is 7.33. The summed E-state index contributed by atoms with van der Waals surface area (Å²) in [5.41, 5.74) is 2.10. The van der Waals surface area contributed by atoms with Gasteiger partial charge in [0.25, 0.3) is 11.8 Å². The second kappa shape index (κ2) is 8.77. The van der Waals surface area contributed by atoms with Gasteiger partial charge in [-0.15, -0.1) is 11.8 Å². The van der Waals surface area contributed by atoms with Gasteiger partial charge in [-0.1, -0.05) is 36.4 Å². The Morgan fingerprint density at radius 2 is 1.85 bits per heavy atom. The summed E-state index contributed by atoms with van der Waals surface area (Å²) in [6, 6.07) is 16.6. The Kier molecular flexibility index (Phi) is 6.19. The molecule has 5 nitrogen and oxygen atoms in total. The number of ether oxygens (including phenoxy) is 1. The van der Waals surface area contributed by atoms with Gasteiger partial charge in [0.15, 0.2) is 0 Å². The lowest BCUT2D eigenvalue weighted by atomic mass is 10.1. The van der Waals surface area contributed by atoms with Crippen molar-refractivity contribution in [1.82, 2.24) is 5.32 Å². The van der Waals surface area contributed by atoms with Crippen LogP contribution in [0.3, 0.4) is 0 Å². The van der Waals surface area contributed by atoms with Crippen molar-refractivity contribution in [3.63, 3.8) is 0 Å². The van der Waals surface area contributed by atoms with Crippen molar-refractivity contribution in [3.05, 3.63) is 76.4 Å². The molecule has 1 aliphatic heterocycles. The molecule has 0 aliphatic carbocycles. The Morgan fingerprint density at radius 3 is 2.59 bits per heavy atom. The number of amides is 2. The third-order valence-electron chi connectivity index (χ3n) is 4.20. The molecule has 2 N–H and O–H groups in total. The van der Waals surface area contributed by atoms with E-state index in [1.807, 2.05) is 37.3 Å². The molecule has 0 spiro atoms. The third kappa shape index (κ3) is 4.92. The van der Waals surface area contributed by atoms with Gasteiger partial charge in [0.2, 0.25) is 0 Å². The van der Waals surface area contributed by atoms with Crippen LogP contribution in [-0.2, 0) is 9.53 Å². The van der Waals surface area contributed by atoms with Crippen molar-refractivity contribution >= 4 is 29.3 Å². The fourth-order valence-corrected chi connectivity index (χ4v) is 3.58. The monoisotopic (exact) mass is 382 g/mol. The third-order valence-corrected chi connectivity index (χ3v) is 5.34. The van der Waals surface area contributed by atoms with Crippen LogP contribution >= 0.6 is 11.8 Å². The average molecular weight is 382 g/mol. The molecule has 0 unspecified atom stereocenters. The summed E-state index contributed by atoms with van der Waals surface area (Å²) in [5.74, 6) is 0.981. The highest BCUT2D eigenvalue weighted by Crippen LogP contribution is 2.26. The summed E-state index contributed by atoms with van der Waals surface area (Å²) in [4.78, 5) is 25.6. The molecule has 0 radical (unpaired) electrons. The zero-order valence-electron chi connectivity index (χ0n) is 15.3. The first kappa shape index (κ1) is 19.0. The minimum Gasteiger partial charge on any atom is -0.496 e. The van der Waals surface area contributed by atoms with Gasteiger partial charge < -0.3 is 15.4 Å². The van der Waals surface area contributed by atoms with Crippen molar-refractivity contribution in [2.45, 2.75) is 19.9 Å². The molecule has 0 saturated heterocycles. The average Bonchev–Trinajstić information content (AvgIpc) is 2.69. The summed E-state index contributed by atoms with van der Waals surface area (Å²) in [6.45, 7) is 4.34. The largest absolute Gasteiger partial charge is 0.496 e. The highest BCUT2D eigenvalue weighted by molar-refractivity contribution is 8.04. The van der Waals surface area contributed by atoms with Crippen molar-refractivity contribution in [2.75, 3.05) is 17.7 Å². The number of thioether (sulfide) groups is 1. The number of anilines is 1. The maximum absolute atomic E-state index is 12.6. The molecular weight excluding hydrogens is 360 g/mol. The Balaban J connectivity index is 1.68. The van der Waals surface area contributed by atoms with Gasteiger partial charge in [-0.2, -0.15) is 0 Å². The number of allylic oxidation sites excluding steroid dienone is 1. The summed E-state index contributed by atoms with van der Waals surface area (Å²) in [6.07, 6.45) is 0.